The van der Waals surface area contributed by atoms with Gasteiger partial charge in [-0.3, -0.25) is 14.9 Å². The van der Waals surface area contributed by atoms with Crippen LogP contribution in [0.3, 0.4) is 0 Å². The van der Waals surface area contributed by atoms with E-state index in [2.05, 4.69) is 10.6 Å². The largest absolute Gasteiger partial charge is 0.326 e. The van der Waals surface area contributed by atoms with E-state index in [1.54, 1.807) is 6.07 Å². The van der Waals surface area contributed by atoms with Gasteiger partial charge in [0.2, 0.25) is 0 Å². The van der Waals surface area contributed by atoms with Gasteiger partial charge in [-0.2, -0.15) is 0 Å². The molecule has 3 amide bonds. The topological polar surface area (TPSA) is 75.3 Å². The van der Waals surface area contributed by atoms with Gasteiger partial charge in [-0.05, 0) is 60.7 Å². The highest BCUT2D eigenvalue weighted by Crippen LogP contribution is 2.24. The lowest BCUT2D eigenvalue weighted by Gasteiger charge is -2.09. The summed E-state index contributed by atoms with van der Waals surface area (Å²) >= 11 is 11.9. The predicted molar refractivity (Wildman–Crippen MR) is 109 cm³/mol. The second-order valence-corrected chi connectivity index (χ2v) is 6.73. The Morgan fingerprint density at radius 1 is 0.759 bits per heavy atom. The molecular formula is C21H13Cl2FN2O3. The van der Waals surface area contributed by atoms with Crippen LogP contribution in [0.15, 0.2) is 66.7 Å². The molecule has 0 aliphatic rings. The Hall–Kier alpha value is -3.22. The molecule has 0 aliphatic carbocycles. The monoisotopic (exact) mass is 430 g/mol. The fourth-order valence-corrected chi connectivity index (χ4v) is 3.08. The highest BCUT2D eigenvalue weighted by atomic mass is 35.5. The quantitative estimate of drug-likeness (QED) is 0.549. The summed E-state index contributed by atoms with van der Waals surface area (Å²) in [5.74, 6) is -1.47. The van der Waals surface area contributed by atoms with Crippen LogP contribution in [-0.2, 0) is 0 Å². The fraction of sp³-hybridized carbons (Fsp3) is 0. The lowest BCUT2D eigenvalue weighted by Crippen LogP contribution is -2.34. The Kier molecular flexibility index (Phi) is 6.26. The maximum absolute atomic E-state index is 13.0. The fourth-order valence-electron chi connectivity index (χ4n) is 2.52. The van der Waals surface area contributed by atoms with Crippen molar-refractivity contribution in [2.45, 2.75) is 0 Å². The van der Waals surface area contributed by atoms with Crippen LogP contribution in [0.2, 0.25) is 10.0 Å². The third kappa shape index (κ3) is 4.99. The molecular weight excluding hydrogens is 418 g/mol. The third-order valence-corrected chi connectivity index (χ3v) is 4.56. The molecule has 0 saturated heterocycles. The number of nitrogens with one attached hydrogen (secondary N) is 2. The zero-order valence-corrected chi connectivity index (χ0v) is 16.2. The summed E-state index contributed by atoms with van der Waals surface area (Å²) < 4.78 is 13.0. The van der Waals surface area contributed by atoms with Gasteiger partial charge in [0.05, 0.1) is 15.6 Å². The zero-order valence-electron chi connectivity index (χ0n) is 14.7. The van der Waals surface area contributed by atoms with Gasteiger partial charge in [0.25, 0.3) is 5.91 Å². The standard InChI is InChI=1S/C21H13Cl2FN2O3/c22-16-2-1-3-17(23)18(16)20(28)26-21(29)25-15-10-6-13(7-11-15)19(27)12-4-8-14(24)9-5-12/h1-11H,(H2,25,26,28,29). The molecule has 0 bridgehead atoms. The van der Waals surface area contributed by atoms with E-state index >= 15 is 0 Å². The first kappa shape index (κ1) is 20.5. The van der Waals surface area contributed by atoms with Crippen LogP contribution in [-0.4, -0.2) is 17.7 Å². The third-order valence-electron chi connectivity index (χ3n) is 3.93. The van der Waals surface area contributed by atoms with Crippen LogP contribution in [0.1, 0.15) is 26.3 Å². The van der Waals surface area contributed by atoms with E-state index in [-0.39, 0.29) is 21.4 Å². The molecule has 8 heteroatoms. The minimum Gasteiger partial charge on any atom is -0.308 e. The molecule has 3 rings (SSSR count). The average molecular weight is 431 g/mol. The van der Waals surface area contributed by atoms with Crippen molar-refractivity contribution in [3.63, 3.8) is 0 Å². The summed E-state index contributed by atoms with van der Waals surface area (Å²) in [5.41, 5.74) is 1.05. The van der Waals surface area contributed by atoms with E-state index in [9.17, 15) is 18.8 Å². The van der Waals surface area contributed by atoms with Crippen molar-refractivity contribution in [1.82, 2.24) is 5.32 Å². The van der Waals surface area contributed by atoms with E-state index in [0.29, 0.717) is 16.8 Å². The molecule has 0 aromatic heterocycles. The Bertz CT molecular complexity index is 1060. The summed E-state index contributed by atoms with van der Waals surface area (Å²) in [4.78, 5) is 36.6. The SMILES string of the molecule is O=C(NC(=O)c1c(Cl)cccc1Cl)Nc1ccc(C(=O)c2ccc(F)cc2)cc1. The maximum Gasteiger partial charge on any atom is 0.326 e. The lowest BCUT2D eigenvalue weighted by atomic mass is 10.0. The van der Waals surface area contributed by atoms with Crippen LogP contribution >= 0.6 is 23.2 Å². The second-order valence-electron chi connectivity index (χ2n) is 5.92. The van der Waals surface area contributed by atoms with Gasteiger partial charge in [-0.15, -0.1) is 0 Å². The molecule has 29 heavy (non-hydrogen) atoms. The number of hydrogen-bond acceptors (Lipinski definition) is 3. The predicted octanol–water partition coefficient (Wildman–Crippen LogP) is 5.33. The first-order valence-corrected chi connectivity index (χ1v) is 9.07. The number of hydrogen-bond donors (Lipinski definition) is 2. The van der Waals surface area contributed by atoms with Crippen molar-refractivity contribution in [2.24, 2.45) is 0 Å². The van der Waals surface area contributed by atoms with Gasteiger partial charge in [0.1, 0.15) is 5.82 Å². The van der Waals surface area contributed by atoms with Crippen molar-refractivity contribution in [3.8, 4) is 0 Å². The van der Waals surface area contributed by atoms with Crippen LogP contribution < -0.4 is 10.6 Å². The van der Waals surface area contributed by atoms with E-state index in [1.165, 1.54) is 60.7 Å². The van der Waals surface area contributed by atoms with Crippen molar-refractivity contribution in [1.29, 1.82) is 0 Å². The van der Waals surface area contributed by atoms with Crippen LogP contribution in [0.4, 0.5) is 14.9 Å². The van der Waals surface area contributed by atoms with Gasteiger partial charge in [0.15, 0.2) is 5.78 Å². The first-order valence-electron chi connectivity index (χ1n) is 8.32. The van der Waals surface area contributed by atoms with Crippen LogP contribution in [0.5, 0.6) is 0 Å². The van der Waals surface area contributed by atoms with Crippen molar-refractivity contribution in [2.75, 3.05) is 5.32 Å². The number of ketones is 1. The number of urea groups is 1. The number of anilines is 1. The second kappa shape index (κ2) is 8.86. The number of imide groups is 1. The van der Waals surface area contributed by atoms with Gasteiger partial charge in [-0.1, -0.05) is 29.3 Å². The number of rotatable bonds is 4. The highest BCUT2D eigenvalue weighted by molar-refractivity contribution is 6.40. The molecule has 3 aromatic carbocycles. The summed E-state index contributed by atoms with van der Waals surface area (Å²) in [6.45, 7) is 0. The summed E-state index contributed by atoms with van der Waals surface area (Å²) in [5, 5.41) is 4.85. The Morgan fingerprint density at radius 3 is 1.83 bits per heavy atom. The molecule has 0 aliphatic heterocycles. The Labute approximate surface area is 175 Å². The number of benzene rings is 3. The summed E-state index contributed by atoms with van der Waals surface area (Å²) in [7, 11) is 0. The van der Waals surface area contributed by atoms with Crippen LogP contribution in [0, 0.1) is 5.82 Å². The molecule has 5 nitrogen and oxygen atoms in total. The minimum absolute atomic E-state index is 0.00812. The van der Waals surface area contributed by atoms with Crippen LogP contribution in [0.25, 0.3) is 0 Å². The smallest absolute Gasteiger partial charge is 0.308 e. The Morgan fingerprint density at radius 2 is 1.28 bits per heavy atom. The van der Waals surface area contributed by atoms with Gasteiger partial charge in [-0.25, -0.2) is 9.18 Å². The molecule has 0 fully saturated rings. The minimum atomic E-state index is -0.788. The molecule has 0 heterocycles. The number of carbonyl (C=O) groups is 3. The maximum atomic E-state index is 13.0. The van der Waals surface area contributed by atoms with E-state index in [1.807, 2.05) is 0 Å². The van der Waals surface area contributed by atoms with Gasteiger partial charge < -0.3 is 5.32 Å². The summed E-state index contributed by atoms with van der Waals surface area (Å²) in [6, 6.07) is 15.0. The molecule has 0 radical (unpaired) electrons. The number of amides is 3. The highest BCUT2D eigenvalue weighted by Gasteiger charge is 2.17. The molecule has 3 aromatic rings. The molecule has 2 N–H and O–H groups in total. The van der Waals surface area contributed by atoms with Crippen molar-refractivity contribution in [3.05, 3.63) is 99.3 Å². The summed E-state index contributed by atoms with van der Waals surface area (Å²) in [6.07, 6.45) is 0. The number of halogens is 3. The first-order chi connectivity index (χ1) is 13.8. The molecule has 0 saturated carbocycles. The molecule has 0 spiro atoms. The van der Waals surface area contributed by atoms with Gasteiger partial charge >= 0.3 is 6.03 Å². The Balaban J connectivity index is 1.65. The normalized spacial score (nSPS) is 10.3. The molecule has 0 unspecified atom stereocenters. The lowest BCUT2D eigenvalue weighted by molar-refractivity contribution is 0.0966. The molecule has 0 atom stereocenters. The van der Waals surface area contributed by atoms with E-state index < -0.39 is 17.8 Å². The van der Waals surface area contributed by atoms with E-state index in [4.69, 9.17) is 23.2 Å². The zero-order chi connectivity index (χ0) is 21.0. The van der Waals surface area contributed by atoms with Crippen molar-refractivity contribution < 1.29 is 18.8 Å². The van der Waals surface area contributed by atoms with E-state index in [0.717, 1.165) is 0 Å². The average Bonchev–Trinajstić information content (AvgIpc) is 2.68. The molecule has 146 valence electrons. The van der Waals surface area contributed by atoms with Gasteiger partial charge in [0, 0.05) is 16.8 Å². The number of carbonyl (C=O) groups excluding carboxylic acids is 3. The van der Waals surface area contributed by atoms with Crippen molar-refractivity contribution >= 4 is 46.6 Å².